The fourth-order valence-electron chi connectivity index (χ4n) is 1.69. The third kappa shape index (κ3) is 4.68. The summed E-state index contributed by atoms with van der Waals surface area (Å²) in [5, 5.41) is 10.7. The third-order valence-corrected chi connectivity index (χ3v) is 3.54. The maximum atomic E-state index is 11.6. The van der Waals surface area contributed by atoms with Crippen LogP contribution in [0.1, 0.15) is 19.1 Å². The molecule has 2 amide bonds. The van der Waals surface area contributed by atoms with Crippen LogP contribution >= 0.6 is 11.3 Å². The lowest BCUT2D eigenvalue weighted by Gasteiger charge is -2.00. The van der Waals surface area contributed by atoms with Crippen LogP contribution in [-0.2, 0) is 16.1 Å². The molecule has 0 aliphatic carbocycles. The number of rotatable bonds is 7. The highest BCUT2D eigenvalue weighted by atomic mass is 32.1. The summed E-state index contributed by atoms with van der Waals surface area (Å²) in [5.74, 6) is 1.06. The number of nitrogens with one attached hydrogen (secondary N) is 3. The molecule has 3 N–H and O–H groups in total. The van der Waals surface area contributed by atoms with E-state index in [0.29, 0.717) is 41.9 Å². The second-order valence-electron chi connectivity index (χ2n) is 4.62. The van der Waals surface area contributed by atoms with E-state index in [9.17, 15) is 9.59 Å². The molecule has 0 unspecified atom stereocenters. The van der Waals surface area contributed by atoms with Gasteiger partial charge in [-0.2, -0.15) is 0 Å². The standard InChI is InChI=1S/C14H18N4O3S/c1-9(19)16-7-10-3-4-12(21-10)11-8-22-14(17-11)18-13(20)5-6-15-2/h3-4,8,15H,5-7H2,1-2H3,(H,16,19)(H,17,18,20). The molecule has 0 aromatic carbocycles. The topological polar surface area (TPSA) is 96.3 Å². The predicted molar refractivity (Wildman–Crippen MR) is 84.5 cm³/mol. The minimum atomic E-state index is -0.113. The largest absolute Gasteiger partial charge is 0.458 e. The maximum Gasteiger partial charge on any atom is 0.227 e. The molecule has 0 fully saturated rings. The Bertz CT molecular complexity index is 650. The van der Waals surface area contributed by atoms with Crippen molar-refractivity contribution in [3.63, 3.8) is 0 Å². The van der Waals surface area contributed by atoms with Gasteiger partial charge in [0.2, 0.25) is 11.8 Å². The van der Waals surface area contributed by atoms with Crippen molar-refractivity contribution in [2.45, 2.75) is 19.9 Å². The first-order chi connectivity index (χ1) is 10.6. The van der Waals surface area contributed by atoms with Crippen LogP contribution in [0, 0.1) is 0 Å². The number of hydrogen-bond donors (Lipinski definition) is 3. The Morgan fingerprint density at radius 1 is 1.36 bits per heavy atom. The van der Waals surface area contributed by atoms with Crippen LogP contribution in [0.5, 0.6) is 0 Å². The van der Waals surface area contributed by atoms with Crippen LogP contribution in [0.15, 0.2) is 21.9 Å². The van der Waals surface area contributed by atoms with Gasteiger partial charge in [-0.1, -0.05) is 0 Å². The molecule has 2 aromatic rings. The fourth-order valence-corrected chi connectivity index (χ4v) is 2.40. The molecule has 118 valence electrons. The molecule has 0 atom stereocenters. The Morgan fingerprint density at radius 3 is 2.91 bits per heavy atom. The van der Waals surface area contributed by atoms with E-state index in [1.165, 1.54) is 18.3 Å². The summed E-state index contributed by atoms with van der Waals surface area (Å²) in [6.07, 6.45) is 0.396. The van der Waals surface area contributed by atoms with E-state index in [1.54, 1.807) is 19.2 Å². The van der Waals surface area contributed by atoms with Crippen LogP contribution in [0.3, 0.4) is 0 Å². The second kappa shape index (κ2) is 7.71. The smallest absolute Gasteiger partial charge is 0.227 e. The first-order valence-electron chi connectivity index (χ1n) is 6.82. The van der Waals surface area contributed by atoms with E-state index in [-0.39, 0.29) is 11.8 Å². The third-order valence-electron chi connectivity index (χ3n) is 2.78. The van der Waals surface area contributed by atoms with Crippen molar-refractivity contribution in [1.82, 2.24) is 15.6 Å². The van der Waals surface area contributed by atoms with Gasteiger partial charge in [-0.25, -0.2) is 4.98 Å². The number of hydrogen-bond acceptors (Lipinski definition) is 6. The number of nitrogens with zero attached hydrogens (tertiary/aromatic N) is 1. The zero-order valence-electron chi connectivity index (χ0n) is 12.4. The van der Waals surface area contributed by atoms with Crippen molar-refractivity contribution >= 4 is 28.3 Å². The molecule has 0 saturated carbocycles. The summed E-state index contributed by atoms with van der Waals surface area (Å²) in [5.41, 5.74) is 0.656. The SMILES string of the molecule is CNCCC(=O)Nc1nc(-c2ccc(CNC(C)=O)o2)cs1. The van der Waals surface area contributed by atoms with E-state index >= 15 is 0 Å². The normalized spacial score (nSPS) is 10.5. The van der Waals surface area contributed by atoms with Gasteiger partial charge in [-0.3, -0.25) is 9.59 Å². The highest BCUT2D eigenvalue weighted by Gasteiger charge is 2.11. The van der Waals surface area contributed by atoms with Crippen LogP contribution < -0.4 is 16.0 Å². The summed E-state index contributed by atoms with van der Waals surface area (Å²) in [6.45, 7) is 2.41. The minimum Gasteiger partial charge on any atom is -0.458 e. The van der Waals surface area contributed by atoms with Gasteiger partial charge in [0, 0.05) is 25.3 Å². The molecule has 0 bridgehead atoms. The van der Waals surface area contributed by atoms with E-state index in [4.69, 9.17) is 4.42 Å². The van der Waals surface area contributed by atoms with Gasteiger partial charge in [0.15, 0.2) is 10.9 Å². The molecule has 22 heavy (non-hydrogen) atoms. The van der Waals surface area contributed by atoms with Gasteiger partial charge in [0.25, 0.3) is 0 Å². The van der Waals surface area contributed by atoms with E-state index in [2.05, 4.69) is 20.9 Å². The summed E-state index contributed by atoms with van der Waals surface area (Å²) in [4.78, 5) is 26.8. The Kier molecular flexibility index (Phi) is 5.68. The number of amides is 2. The zero-order chi connectivity index (χ0) is 15.9. The van der Waals surface area contributed by atoms with Gasteiger partial charge in [0.1, 0.15) is 11.5 Å². The summed E-state index contributed by atoms with van der Waals surface area (Å²) < 4.78 is 5.61. The fraction of sp³-hybridized carbons (Fsp3) is 0.357. The number of thiazole rings is 1. The van der Waals surface area contributed by atoms with Gasteiger partial charge < -0.3 is 20.4 Å². The number of carbonyl (C=O) groups excluding carboxylic acids is 2. The number of furan rings is 1. The average molecular weight is 322 g/mol. The molecule has 2 rings (SSSR count). The predicted octanol–water partition coefficient (Wildman–Crippen LogP) is 1.59. The Labute approximate surface area is 132 Å². The highest BCUT2D eigenvalue weighted by molar-refractivity contribution is 7.14. The first-order valence-corrected chi connectivity index (χ1v) is 7.70. The second-order valence-corrected chi connectivity index (χ2v) is 5.47. The Hall–Kier alpha value is -2.19. The van der Waals surface area contributed by atoms with Gasteiger partial charge in [-0.05, 0) is 19.2 Å². The van der Waals surface area contributed by atoms with E-state index in [0.717, 1.165) is 0 Å². The Morgan fingerprint density at radius 2 is 2.18 bits per heavy atom. The van der Waals surface area contributed by atoms with Crippen molar-refractivity contribution in [2.75, 3.05) is 18.9 Å². The van der Waals surface area contributed by atoms with Crippen molar-refractivity contribution < 1.29 is 14.0 Å². The zero-order valence-corrected chi connectivity index (χ0v) is 13.3. The van der Waals surface area contributed by atoms with E-state index < -0.39 is 0 Å². The van der Waals surface area contributed by atoms with Gasteiger partial charge >= 0.3 is 0 Å². The van der Waals surface area contributed by atoms with Gasteiger partial charge in [0.05, 0.1) is 6.54 Å². The summed E-state index contributed by atoms with van der Waals surface area (Å²) in [6, 6.07) is 3.58. The molecule has 0 saturated heterocycles. The van der Waals surface area contributed by atoms with E-state index in [1.807, 2.05) is 5.38 Å². The molecule has 0 aliphatic rings. The van der Waals surface area contributed by atoms with Crippen molar-refractivity contribution in [1.29, 1.82) is 0 Å². The first kappa shape index (κ1) is 16.2. The van der Waals surface area contributed by atoms with Crippen LogP contribution in [0.25, 0.3) is 11.5 Å². The lowest BCUT2D eigenvalue weighted by molar-refractivity contribution is -0.119. The molecular formula is C14H18N4O3S. The number of anilines is 1. The van der Waals surface area contributed by atoms with Crippen LogP contribution in [-0.4, -0.2) is 30.4 Å². The van der Waals surface area contributed by atoms with Crippen molar-refractivity contribution in [3.8, 4) is 11.5 Å². The summed E-state index contributed by atoms with van der Waals surface area (Å²) >= 11 is 1.34. The lowest BCUT2D eigenvalue weighted by Crippen LogP contribution is -2.18. The molecule has 0 spiro atoms. The molecule has 7 nitrogen and oxygen atoms in total. The monoisotopic (exact) mass is 322 g/mol. The quantitative estimate of drug-likeness (QED) is 0.719. The molecule has 8 heteroatoms. The molecule has 0 radical (unpaired) electrons. The highest BCUT2D eigenvalue weighted by Crippen LogP contribution is 2.26. The summed E-state index contributed by atoms with van der Waals surface area (Å²) in [7, 11) is 1.80. The molecule has 0 aliphatic heterocycles. The molecular weight excluding hydrogens is 304 g/mol. The van der Waals surface area contributed by atoms with Crippen molar-refractivity contribution in [2.24, 2.45) is 0 Å². The average Bonchev–Trinajstić information content (AvgIpc) is 3.11. The maximum absolute atomic E-state index is 11.6. The number of aromatic nitrogens is 1. The van der Waals surface area contributed by atoms with Gasteiger partial charge in [-0.15, -0.1) is 11.3 Å². The molecule has 2 heterocycles. The lowest BCUT2D eigenvalue weighted by atomic mass is 10.3. The molecule has 2 aromatic heterocycles. The number of carbonyl (C=O) groups is 2. The van der Waals surface area contributed by atoms with Crippen LogP contribution in [0.2, 0.25) is 0 Å². The van der Waals surface area contributed by atoms with Crippen LogP contribution in [0.4, 0.5) is 5.13 Å². The minimum absolute atomic E-state index is 0.0824. The Balaban J connectivity index is 1.96. The van der Waals surface area contributed by atoms with Crippen molar-refractivity contribution in [3.05, 3.63) is 23.3 Å².